The Morgan fingerprint density at radius 2 is 1.50 bits per heavy atom. The molecule has 3 rings (SSSR count). The molecule has 2 aromatic carbocycles. The second kappa shape index (κ2) is 6.24. The first-order chi connectivity index (χ1) is 11.4. The van der Waals surface area contributed by atoms with E-state index >= 15 is 0 Å². The number of hydrogen-bond acceptors (Lipinski definition) is 3. The van der Waals surface area contributed by atoms with Gasteiger partial charge >= 0.3 is 0 Å². The average Bonchev–Trinajstić information content (AvgIpc) is 2.93. The van der Waals surface area contributed by atoms with Crippen LogP contribution in [0.5, 0.6) is 0 Å². The summed E-state index contributed by atoms with van der Waals surface area (Å²) in [5.41, 5.74) is 2.31. The molecule has 124 valence electrons. The van der Waals surface area contributed by atoms with Crippen LogP contribution in [-0.2, 0) is 10.0 Å². The number of Topliss-reactive ketones (excluding diaryl/α,β-unsaturated/α-hetero) is 1. The van der Waals surface area contributed by atoms with E-state index in [1.165, 1.54) is 4.31 Å². The summed E-state index contributed by atoms with van der Waals surface area (Å²) < 4.78 is 25.7. The zero-order valence-corrected chi connectivity index (χ0v) is 14.4. The van der Waals surface area contributed by atoms with Gasteiger partial charge in [0.2, 0.25) is 10.0 Å². The van der Waals surface area contributed by atoms with Crippen LogP contribution in [0, 0.1) is 0 Å². The summed E-state index contributed by atoms with van der Waals surface area (Å²) in [6.07, 6.45) is 2.72. The van der Waals surface area contributed by atoms with Crippen molar-refractivity contribution >= 4 is 15.8 Å². The highest BCUT2D eigenvalue weighted by Gasteiger charge is 2.43. The van der Waals surface area contributed by atoms with Crippen LogP contribution in [0.1, 0.15) is 28.8 Å². The molecule has 0 aromatic heterocycles. The Hall–Kier alpha value is -2.40. The number of carbonyl (C=O) groups is 1. The molecule has 0 fully saturated rings. The van der Waals surface area contributed by atoms with Gasteiger partial charge in [-0.05, 0) is 18.1 Å². The topological polar surface area (TPSA) is 54.5 Å². The van der Waals surface area contributed by atoms with Crippen molar-refractivity contribution in [2.45, 2.75) is 18.9 Å². The summed E-state index contributed by atoms with van der Waals surface area (Å²) >= 11 is 0. The van der Waals surface area contributed by atoms with Crippen LogP contribution in [0.25, 0.3) is 0 Å². The van der Waals surface area contributed by atoms with Gasteiger partial charge in [0.15, 0.2) is 5.78 Å². The predicted octanol–water partition coefficient (Wildman–Crippen LogP) is 3.20. The fourth-order valence-electron chi connectivity index (χ4n) is 3.20. The van der Waals surface area contributed by atoms with E-state index < -0.39 is 16.1 Å². The van der Waals surface area contributed by atoms with E-state index in [0.29, 0.717) is 5.56 Å². The SMILES string of the molecule is CC1=CN(S(C)(=O)=O)[C@@H](C(=O)c2ccccc2)[C@@H]1c1ccccc1. The van der Waals surface area contributed by atoms with E-state index in [0.717, 1.165) is 17.4 Å². The molecule has 1 heterocycles. The lowest BCUT2D eigenvalue weighted by atomic mass is 9.85. The molecule has 2 aromatic rings. The van der Waals surface area contributed by atoms with Crippen molar-refractivity contribution in [3.63, 3.8) is 0 Å². The van der Waals surface area contributed by atoms with E-state index in [9.17, 15) is 13.2 Å². The predicted molar refractivity (Wildman–Crippen MR) is 94.2 cm³/mol. The Bertz CT molecular complexity index is 873. The zero-order valence-electron chi connectivity index (χ0n) is 13.6. The van der Waals surface area contributed by atoms with Gasteiger partial charge in [0.05, 0.1) is 6.26 Å². The Labute approximate surface area is 142 Å². The van der Waals surface area contributed by atoms with Gasteiger partial charge in [-0.2, -0.15) is 0 Å². The third-order valence-corrected chi connectivity index (χ3v) is 5.38. The van der Waals surface area contributed by atoms with Gasteiger partial charge in [-0.25, -0.2) is 8.42 Å². The molecule has 0 bridgehead atoms. The second-order valence-electron chi connectivity index (χ2n) is 6.03. The van der Waals surface area contributed by atoms with Crippen LogP contribution in [0.2, 0.25) is 0 Å². The molecule has 0 aliphatic carbocycles. The number of benzene rings is 2. The van der Waals surface area contributed by atoms with Crippen LogP contribution in [0.15, 0.2) is 72.4 Å². The minimum Gasteiger partial charge on any atom is -0.292 e. The van der Waals surface area contributed by atoms with Crippen LogP contribution in [-0.4, -0.2) is 30.8 Å². The number of hydrogen-bond donors (Lipinski definition) is 0. The number of ketones is 1. The monoisotopic (exact) mass is 341 g/mol. The van der Waals surface area contributed by atoms with Crippen molar-refractivity contribution < 1.29 is 13.2 Å². The molecule has 0 saturated carbocycles. The second-order valence-corrected chi connectivity index (χ2v) is 7.92. The maximum atomic E-state index is 13.1. The smallest absolute Gasteiger partial charge is 0.232 e. The van der Waals surface area contributed by atoms with Gasteiger partial charge in [-0.1, -0.05) is 60.7 Å². The maximum Gasteiger partial charge on any atom is 0.232 e. The van der Waals surface area contributed by atoms with Gasteiger partial charge in [0.1, 0.15) is 6.04 Å². The molecular formula is C19H19NO3S. The van der Waals surface area contributed by atoms with Crippen LogP contribution >= 0.6 is 0 Å². The largest absolute Gasteiger partial charge is 0.292 e. The van der Waals surface area contributed by atoms with E-state index in [1.807, 2.05) is 43.3 Å². The van der Waals surface area contributed by atoms with Crippen molar-refractivity contribution in [1.82, 2.24) is 4.31 Å². The van der Waals surface area contributed by atoms with Crippen LogP contribution in [0.3, 0.4) is 0 Å². The average molecular weight is 341 g/mol. The summed E-state index contributed by atoms with van der Waals surface area (Å²) in [6, 6.07) is 17.6. The third-order valence-electron chi connectivity index (χ3n) is 4.28. The highest BCUT2D eigenvalue weighted by Crippen LogP contribution is 2.39. The van der Waals surface area contributed by atoms with E-state index in [4.69, 9.17) is 0 Å². The van der Waals surface area contributed by atoms with Crippen molar-refractivity contribution in [2.75, 3.05) is 6.26 Å². The van der Waals surface area contributed by atoms with Gasteiger partial charge in [-0.3, -0.25) is 9.10 Å². The highest BCUT2D eigenvalue weighted by molar-refractivity contribution is 7.88. The molecule has 4 nitrogen and oxygen atoms in total. The summed E-state index contributed by atoms with van der Waals surface area (Å²) in [5, 5.41) is 0. The Kier molecular flexibility index (Phi) is 4.28. The molecule has 2 atom stereocenters. The Balaban J connectivity index is 2.10. The molecule has 0 spiro atoms. The molecule has 0 radical (unpaired) electrons. The van der Waals surface area contributed by atoms with Gasteiger partial charge in [-0.15, -0.1) is 0 Å². The molecule has 1 aliphatic heterocycles. The van der Waals surface area contributed by atoms with E-state index in [1.54, 1.807) is 30.5 Å². The fourth-order valence-corrected chi connectivity index (χ4v) is 4.19. The molecular weight excluding hydrogens is 322 g/mol. The lowest BCUT2D eigenvalue weighted by Crippen LogP contribution is -2.41. The lowest BCUT2D eigenvalue weighted by molar-refractivity contribution is 0.0914. The molecule has 0 amide bonds. The summed E-state index contributed by atoms with van der Waals surface area (Å²) in [7, 11) is -3.54. The first-order valence-corrected chi connectivity index (χ1v) is 9.55. The van der Waals surface area contributed by atoms with Crippen molar-refractivity contribution in [3.8, 4) is 0 Å². The number of carbonyl (C=O) groups excluding carboxylic acids is 1. The number of nitrogens with zero attached hydrogens (tertiary/aromatic N) is 1. The Morgan fingerprint density at radius 1 is 0.958 bits per heavy atom. The van der Waals surface area contributed by atoms with E-state index in [2.05, 4.69) is 0 Å². The number of sulfonamides is 1. The summed E-state index contributed by atoms with van der Waals surface area (Å²) in [6.45, 7) is 1.87. The van der Waals surface area contributed by atoms with Gasteiger partial charge in [0.25, 0.3) is 0 Å². The molecule has 1 aliphatic rings. The summed E-state index contributed by atoms with van der Waals surface area (Å²) in [4.78, 5) is 13.1. The first-order valence-electron chi connectivity index (χ1n) is 7.70. The first kappa shape index (κ1) is 16.5. The molecule has 0 N–H and O–H groups in total. The van der Waals surface area contributed by atoms with Crippen LogP contribution in [0.4, 0.5) is 0 Å². The number of rotatable bonds is 4. The van der Waals surface area contributed by atoms with Gasteiger partial charge in [0, 0.05) is 17.7 Å². The van der Waals surface area contributed by atoms with Gasteiger partial charge < -0.3 is 0 Å². The molecule has 5 heteroatoms. The Morgan fingerprint density at radius 3 is 2.04 bits per heavy atom. The minimum atomic E-state index is -3.54. The fraction of sp³-hybridized carbons (Fsp3) is 0.211. The summed E-state index contributed by atoms with van der Waals surface area (Å²) in [5.74, 6) is -0.475. The molecule has 0 unspecified atom stereocenters. The normalized spacial score (nSPS) is 20.8. The maximum absolute atomic E-state index is 13.1. The van der Waals surface area contributed by atoms with E-state index in [-0.39, 0.29) is 11.7 Å². The molecule has 0 saturated heterocycles. The lowest BCUT2D eigenvalue weighted by Gasteiger charge is -2.27. The van der Waals surface area contributed by atoms with Crippen LogP contribution < -0.4 is 0 Å². The standard InChI is InChI=1S/C19H19NO3S/c1-14-13-20(24(2,22)23)18(17(14)15-9-5-3-6-10-15)19(21)16-11-7-4-8-12-16/h3-13,17-18H,1-2H3/t17-,18+/m0/s1. The zero-order chi connectivity index (χ0) is 17.3. The molecule has 24 heavy (non-hydrogen) atoms. The quantitative estimate of drug-likeness (QED) is 0.803. The third kappa shape index (κ3) is 2.99. The minimum absolute atomic E-state index is 0.192. The van der Waals surface area contributed by atoms with Crippen molar-refractivity contribution in [3.05, 3.63) is 83.6 Å². The van der Waals surface area contributed by atoms with Crippen molar-refractivity contribution in [2.24, 2.45) is 0 Å². The highest BCUT2D eigenvalue weighted by atomic mass is 32.2. The van der Waals surface area contributed by atoms with Crippen molar-refractivity contribution in [1.29, 1.82) is 0 Å².